The number of fused-ring (bicyclic) bond motifs is 1. The number of hydrogen-bond donors (Lipinski definition) is 1. The van der Waals surface area contributed by atoms with E-state index in [-0.39, 0.29) is 6.61 Å². The Morgan fingerprint density at radius 1 is 1.33 bits per heavy atom. The number of halogens is 1. The molecule has 1 aliphatic heterocycles. The molecule has 1 N–H and O–H groups in total. The van der Waals surface area contributed by atoms with Crippen LogP contribution in [-0.2, 0) is 19.6 Å². The van der Waals surface area contributed by atoms with Gasteiger partial charge in [-0.15, -0.1) is 11.3 Å². The smallest absolute Gasteiger partial charge is 0.0702 e. The van der Waals surface area contributed by atoms with Crippen LogP contribution in [0.4, 0.5) is 5.69 Å². The number of hydrogen-bond acceptors (Lipinski definition) is 3. The van der Waals surface area contributed by atoms with Crippen molar-refractivity contribution >= 4 is 33.0 Å². The van der Waals surface area contributed by atoms with E-state index in [2.05, 4.69) is 38.3 Å². The third-order valence-electron chi connectivity index (χ3n) is 3.36. The molecule has 1 aromatic heterocycles. The average Bonchev–Trinajstić information content (AvgIpc) is 2.85. The van der Waals surface area contributed by atoms with E-state index >= 15 is 0 Å². The van der Waals surface area contributed by atoms with E-state index in [4.69, 9.17) is 0 Å². The summed E-state index contributed by atoms with van der Waals surface area (Å²) in [5, 5.41) is 11.7. The molecule has 2 heterocycles. The van der Waals surface area contributed by atoms with Crippen molar-refractivity contribution in [2.24, 2.45) is 0 Å². The lowest BCUT2D eigenvalue weighted by Gasteiger charge is -2.30. The molecule has 0 aliphatic carbocycles. The van der Waals surface area contributed by atoms with Crippen LogP contribution in [0.1, 0.15) is 16.0 Å². The zero-order chi connectivity index (χ0) is 12.5. The zero-order valence-corrected chi connectivity index (χ0v) is 12.3. The van der Waals surface area contributed by atoms with Crippen molar-refractivity contribution in [1.82, 2.24) is 0 Å². The van der Waals surface area contributed by atoms with E-state index < -0.39 is 0 Å². The maximum atomic E-state index is 9.48. The van der Waals surface area contributed by atoms with Crippen LogP contribution in [-0.4, -0.2) is 11.7 Å². The molecule has 4 heteroatoms. The van der Waals surface area contributed by atoms with Gasteiger partial charge in [0.25, 0.3) is 0 Å². The number of aliphatic hydroxyl groups excluding tert-OH is 1. The molecule has 94 valence electrons. The molecule has 3 rings (SSSR count). The number of anilines is 1. The summed E-state index contributed by atoms with van der Waals surface area (Å²) < 4.78 is 1.02. The van der Waals surface area contributed by atoms with Crippen molar-refractivity contribution in [2.45, 2.75) is 19.6 Å². The number of benzene rings is 1. The molecule has 2 nitrogen and oxygen atoms in total. The Morgan fingerprint density at radius 2 is 2.22 bits per heavy atom. The van der Waals surface area contributed by atoms with Gasteiger partial charge in [-0.05, 0) is 41.6 Å². The summed E-state index contributed by atoms with van der Waals surface area (Å²) in [7, 11) is 0. The summed E-state index contributed by atoms with van der Waals surface area (Å²) >= 11 is 5.30. The van der Waals surface area contributed by atoms with Gasteiger partial charge in [0.15, 0.2) is 0 Å². The Bertz CT molecular complexity index is 567. The monoisotopic (exact) mass is 323 g/mol. The standard InChI is InChI=1S/C14H14BrNOS/c15-12-1-2-13(11(7-12)9-17)16-5-3-14-10(8-16)4-6-18-14/h1-2,4,6-7,17H,3,5,8-9H2. The van der Waals surface area contributed by atoms with Gasteiger partial charge in [0.1, 0.15) is 0 Å². The first-order valence-electron chi connectivity index (χ1n) is 5.97. The maximum absolute atomic E-state index is 9.48. The summed E-state index contributed by atoms with van der Waals surface area (Å²) in [5.74, 6) is 0. The van der Waals surface area contributed by atoms with Crippen molar-refractivity contribution in [2.75, 3.05) is 11.4 Å². The van der Waals surface area contributed by atoms with Gasteiger partial charge in [-0.3, -0.25) is 0 Å². The highest BCUT2D eigenvalue weighted by Crippen LogP contribution is 2.31. The van der Waals surface area contributed by atoms with Gasteiger partial charge >= 0.3 is 0 Å². The van der Waals surface area contributed by atoms with E-state index in [1.807, 2.05) is 23.5 Å². The van der Waals surface area contributed by atoms with Gasteiger partial charge in [-0.2, -0.15) is 0 Å². The van der Waals surface area contributed by atoms with E-state index in [1.54, 1.807) is 0 Å². The predicted molar refractivity (Wildman–Crippen MR) is 79.1 cm³/mol. The Labute approximate surface area is 119 Å². The Morgan fingerprint density at radius 3 is 3.06 bits per heavy atom. The van der Waals surface area contributed by atoms with Gasteiger partial charge in [0.2, 0.25) is 0 Å². The summed E-state index contributed by atoms with van der Waals surface area (Å²) in [6, 6.07) is 8.34. The maximum Gasteiger partial charge on any atom is 0.0702 e. The second kappa shape index (κ2) is 5.03. The van der Waals surface area contributed by atoms with Crippen LogP contribution < -0.4 is 4.90 Å². The van der Waals surface area contributed by atoms with Crippen molar-refractivity contribution in [3.63, 3.8) is 0 Å². The second-order valence-electron chi connectivity index (χ2n) is 4.47. The van der Waals surface area contributed by atoms with Crippen molar-refractivity contribution in [3.8, 4) is 0 Å². The highest BCUT2D eigenvalue weighted by atomic mass is 79.9. The Kier molecular flexibility index (Phi) is 3.41. The fourth-order valence-electron chi connectivity index (χ4n) is 2.44. The Balaban J connectivity index is 1.93. The molecule has 2 aromatic rings. The summed E-state index contributed by atoms with van der Waals surface area (Å²) in [6.45, 7) is 2.07. The SMILES string of the molecule is OCc1cc(Br)ccc1N1CCc2sccc2C1. The summed E-state index contributed by atoms with van der Waals surface area (Å²) in [5.41, 5.74) is 3.57. The van der Waals surface area contributed by atoms with E-state index in [1.165, 1.54) is 10.4 Å². The number of nitrogens with zero attached hydrogens (tertiary/aromatic N) is 1. The fraction of sp³-hybridized carbons (Fsp3) is 0.286. The lowest BCUT2D eigenvalue weighted by Crippen LogP contribution is -2.30. The molecule has 0 spiro atoms. The first kappa shape index (κ1) is 12.2. The van der Waals surface area contributed by atoms with Gasteiger partial charge in [0, 0.05) is 33.7 Å². The molecule has 0 radical (unpaired) electrons. The highest BCUT2D eigenvalue weighted by molar-refractivity contribution is 9.10. The van der Waals surface area contributed by atoms with Crippen LogP contribution in [0.5, 0.6) is 0 Å². The van der Waals surface area contributed by atoms with Crippen LogP contribution in [0.3, 0.4) is 0 Å². The molecule has 0 atom stereocenters. The molecule has 0 bridgehead atoms. The van der Waals surface area contributed by atoms with Crippen molar-refractivity contribution in [3.05, 3.63) is 50.1 Å². The normalized spacial score (nSPS) is 14.7. The largest absolute Gasteiger partial charge is 0.392 e. The average molecular weight is 324 g/mol. The molecule has 1 aliphatic rings. The van der Waals surface area contributed by atoms with E-state index in [0.29, 0.717) is 0 Å². The first-order chi connectivity index (χ1) is 8.78. The second-order valence-corrected chi connectivity index (χ2v) is 6.39. The molecule has 18 heavy (non-hydrogen) atoms. The van der Waals surface area contributed by atoms with E-state index in [9.17, 15) is 5.11 Å². The third kappa shape index (κ3) is 2.20. The highest BCUT2D eigenvalue weighted by Gasteiger charge is 2.19. The first-order valence-corrected chi connectivity index (χ1v) is 7.64. The molecule has 0 saturated heterocycles. The minimum Gasteiger partial charge on any atom is -0.392 e. The molecule has 0 saturated carbocycles. The molecular weight excluding hydrogens is 310 g/mol. The lowest BCUT2D eigenvalue weighted by molar-refractivity contribution is 0.282. The van der Waals surface area contributed by atoms with Gasteiger partial charge in [-0.1, -0.05) is 15.9 Å². The fourth-order valence-corrected chi connectivity index (χ4v) is 3.74. The van der Waals surface area contributed by atoms with Crippen LogP contribution in [0.15, 0.2) is 34.1 Å². The lowest BCUT2D eigenvalue weighted by atomic mass is 10.1. The summed E-state index contributed by atoms with van der Waals surface area (Å²) in [6.07, 6.45) is 1.11. The van der Waals surface area contributed by atoms with Crippen molar-refractivity contribution < 1.29 is 5.11 Å². The number of aliphatic hydroxyl groups is 1. The third-order valence-corrected chi connectivity index (χ3v) is 4.88. The minimum absolute atomic E-state index is 0.0851. The van der Waals surface area contributed by atoms with Crippen LogP contribution in [0.25, 0.3) is 0 Å². The van der Waals surface area contributed by atoms with Gasteiger partial charge < -0.3 is 10.0 Å². The molecule has 0 fully saturated rings. The zero-order valence-electron chi connectivity index (χ0n) is 9.90. The van der Waals surface area contributed by atoms with Crippen LogP contribution in [0.2, 0.25) is 0 Å². The summed E-state index contributed by atoms with van der Waals surface area (Å²) in [4.78, 5) is 3.86. The predicted octanol–water partition coefficient (Wildman–Crippen LogP) is 3.57. The van der Waals surface area contributed by atoms with E-state index in [0.717, 1.165) is 35.2 Å². The molecule has 0 unspecified atom stereocenters. The number of rotatable bonds is 2. The minimum atomic E-state index is 0.0851. The number of thiophene rings is 1. The van der Waals surface area contributed by atoms with Crippen LogP contribution in [0, 0.1) is 0 Å². The molecule has 1 aromatic carbocycles. The van der Waals surface area contributed by atoms with Crippen molar-refractivity contribution in [1.29, 1.82) is 0 Å². The quantitative estimate of drug-likeness (QED) is 0.913. The van der Waals surface area contributed by atoms with Gasteiger partial charge in [-0.25, -0.2) is 0 Å². The molecular formula is C14H14BrNOS. The topological polar surface area (TPSA) is 23.5 Å². The molecule has 0 amide bonds. The van der Waals surface area contributed by atoms with Crippen LogP contribution >= 0.6 is 27.3 Å². The Hall–Kier alpha value is -0.840. The van der Waals surface area contributed by atoms with Gasteiger partial charge in [0.05, 0.1) is 6.61 Å².